The number of rotatable bonds is 3. The molecule has 0 nitrogen and oxygen atoms in total. The lowest BCUT2D eigenvalue weighted by Gasteiger charge is -2.08. The van der Waals surface area contributed by atoms with Crippen molar-refractivity contribution in [1.82, 2.24) is 0 Å². The molecular weight excluding hydrogens is 297 g/mol. The van der Waals surface area contributed by atoms with Gasteiger partial charge in [-0.05, 0) is 40.8 Å². The molecule has 3 aromatic carbocycles. The highest BCUT2D eigenvalue weighted by Crippen LogP contribution is 2.31. The van der Waals surface area contributed by atoms with Crippen molar-refractivity contribution in [3.05, 3.63) is 95.6 Å². The molecule has 3 heteroatoms. The monoisotopic (exact) mass is 312 g/mol. The van der Waals surface area contributed by atoms with Gasteiger partial charge < -0.3 is 0 Å². The Morgan fingerprint density at radius 1 is 0.565 bits per heavy atom. The van der Waals surface area contributed by atoms with Gasteiger partial charge in [0, 0.05) is 0 Å². The summed E-state index contributed by atoms with van der Waals surface area (Å²) in [5.41, 5.74) is 3.48. The predicted molar refractivity (Wildman–Crippen MR) is 86.1 cm³/mol. The maximum absolute atomic E-state index is 12.6. The van der Waals surface area contributed by atoms with Crippen molar-refractivity contribution >= 4 is 0 Å². The maximum atomic E-state index is 12.6. The highest BCUT2D eigenvalue weighted by Gasteiger charge is 2.29. The first-order chi connectivity index (χ1) is 11.0. The highest BCUT2D eigenvalue weighted by atomic mass is 19.4. The fraction of sp³-hybridized carbons (Fsp3) is 0.100. The average molecular weight is 312 g/mol. The second-order valence-electron chi connectivity index (χ2n) is 5.43. The second kappa shape index (κ2) is 6.29. The highest BCUT2D eigenvalue weighted by molar-refractivity contribution is 5.64. The summed E-state index contributed by atoms with van der Waals surface area (Å²) in [6.07, 6.45) is -3.45. The summed E-state index contributed by atoms with van der Waals surface area (Å²) in [7, 11) is 0. The summed E-state index contributed by atoms with van der Waals surface area (Å²) < 4.78 is 37.7. The van der Waals surface area contributed by atoms with Crippen LogP contribution >= 0.6 is 0 Å². The lowest BCUT2D eigenvalue weighted by molar-refractivity contribution is -0.137. The van der Waals surface area contributed by atoms with Crippen molar-refractivity contribution in [2.45, 2.75) is 12.6 Å². The normalized spacial score (nSPS) is 11.4. The zero-order chi connectivity index (χ0) is 16.3. The number of alkyl halides is 3. The van der Waals surface area contributed by atoms with E-state index in [1.165, 1.54) is 23.3 Å². The number of hydrogen-bond acceptors (Lipinski definition) is 0. The van der Waals surface area contributed by atoms with Gasteiger partial charge in [-0.2, -0.15) is 13.2 Å². The Morgan fingerprint density at radius 3 is 1.57 bits per heavy atom. The molecule has 3 aromatic rings. The van der Waals surface area contributed by atoms with Crippen LogP contribution in [0.4, 0.5) is 13.2 Å². The van der Waals surface area contributed by atoms with Crippen LogP contribution in [0, 0.1) is 0 Å². The van der Waals surface area contributed by atoms with Crippen LogP contribution in [-0.4, -0.2) is 0 Å². The number of halogens is 3. The number of hydrogen-bond donors (Lipinski definition) is 0. The van der Waals surface area contributed by atoms with E-state index in [9.17, 15) is 13.2 Å². The zero-order valence-electron chi connectivity index (χ0n) is 12.3. The first-order valence-corrected chi connectivity index (χ1v) is 7.33. The van der Waals surface area contributed by atoms with Crippen LogP contribution in [0.25, 0.3) is 11.1 Å². The molecular formula is C20H15F3. The summed E-state index contributed by atoms with van der Waals surface area (Å²) in [5.74, 6) is 0. The molecule has 0 spiro atoms. The van der Waals surface area contributed by atoms with E-state index in [-0.39, 0.29) is 0 Å². The lowest BCUT2D eigenvalue weighted by Crippen LogP contribution is -2.03. The zero-order valence-corrected chi connectivity index (χ0v) is 12.3. The Hall–Kier alpha value is -2.55. The van der Waals surface area contributed by atoms with E-state index >= 15 is 0 Å². The SMILES string of the molecule is FC(F)(F)c1ccc(-c2ccc(Cc3ccccc3)cc2)cc1. The van der Waals surface area contributed by atoms with Crippen LogP contribution in [0.3, 0.4) is 0 Å². The Labute approximate surface area is 133 Å². The van der Waals surface area contributed by atoms with Crippen molar-refractivity contribution in [3.8, 4) is 11.1 Å². The van der Waals surface area contributed by atoms with Gasteiger partial charge in [-0.25, -0.2) is 0 Å². The van der Waals surface area contributed by atoms with Crippen LogP contribution in [0.1, 0.15) is 16.7 Å². The van der Waals surface area contributed by atoms with E-state index in [1.54, 1.807) is 0 Å². The van der Waals surface area contributed by atoms with Gasteiger partial charge >= 0.3 is 6.18 Å². The Kier molecular flexibility index (Phi) is 4.20. The smallest absolute Gasteiger partial charge is 0.166 e. The molecule has 0 radical (unpaired) electrons. The molecule has 0 aliphatic carbocycles. The molecule has 23 heavy (non-hydrogen) atoms. The molecule has 0 atom stereocenters. The quantitative estimate of drug-likeness (QED) is 0.559. The fourth-order valence-electron chi connectivity index (χ4n) is 2.50. The van der Waals surface area contributed by atoms with E-state index in [1.807, 2.05) is 42.5 Å². The van der Waals surface area contributed by atoms with Crippen LogP contribution in [-0.2, 0) is 12.6 Å². The minimum Gasteiger partial charge on any atom is -0.166 e. The summed E-state index contributed by atoms with van der Waals surface area (Å²) >= 11 is 0. The van der Waals surface area contributed by atoms with Gasteiger partial charge in [0.15, 0.2) is 0 Å². The Bertz CT molecular complexity index is 755. The molecule has 0 aromatic heterocycles. The van der Waals surface area contributed by atoms with Crippen molar-refractivity contribution in [2.75, 3.05) is 0 Å². The van der Waals surface area contributed by atoms with Crippen molar-refractivity contribution in [1.29, 1.82) is 0 Å². The van der Waals surface area contributed by atoms with Gasteiger partial charge in [-0.1, -0.05) is 66.7 Å². The van der Waals surface area contributed by atoms with Crippen molar-refractivity contribution < 1.29 is 13.2 Å². The topological polar surface area (TPSA) is 0 Å². The summed E-state index contributed by atoms with van der Waals surface area (Å²) in [6, 6.07) is 23.3. The van der Waals surface area contributed by atoms with Crippen LogP contribution in [0.2, 0.25) is 0 Å². The molecule has 0 N–H and O–H groups in total. The van der Waals surface area contributed by atoms with Crippen molar-refractivity contribution in [3.63, 3.8) is 0 Å². The van der Waals surface area contributed by atoms with Crippen LogP contribution in [0.15, 0.2) is 78.9 Å². The predicted octanol–water partition coefficient (Wildman–Crippen LogP) is 5.96. The summed E-state index contributed by atoms with van der Waals surface area (Å²) in [4.78, 5) is 0. The minimum absolute atomic E-state index is 0.623. The molecule has 0 fully saturated rings. The maximum Gasteiger partial charge on any atom is 0.416 e. The second-order valence-corrected chi connectivity index (χ2v) is 5.43. The molecule has 0 amide bonds. The molecule has 0 heterocycles. The van der Waals surface area contributed by atoms with Crippen molar-refractivity contribution in [2.24, 2.45) is 0 Å². The third-order valence-corrected chi connectivity index (χ3v) is 3.75. The van der Waals surface area contributed by atoms with E-state index in [4.69, 9.17) is 0 Å². The third-order valence-electron chi connectivity index (χ3n) is 3.75. The van der Waals surface area contributed by atoms with Crippen LogP contribution < -0.4 is 0 Å². The summed E-state index contributed by atoms with van der Waals surface area (Å²) in [6.45, 7) is 0. The van der Waals surface area contributed by atoms with Gasteiger partial charge in [0.1, 0.15) is 0 Å². The standard InChI is InChI=1S/C20H15F3/c21-20(22,23)19-12-10-18(11-13-19)17-8-6-16(7-9-17)14-15-4-2-1-3-5-15/h1-13H,14H2. The van der Waals surface area contributed by atoms with Crippen LogP contribution in [0.5, 0.6) is 0 Å². The van der Waals surface area contributed by atoms with Gasteiger partial charge in [0.05, 0.1) is 5.56 Å². The molecule has 0 aliphatic heterocycles. The van der Waals surface area contributed by atoms with E-state index in [0.717, 1.165) is 29.7 Å². The van der Waals surface area contributed by atoms with Gasteiger partial charge in [-0.3, -0.25) is 0 Å². The Balaban J connectivity index is 1.77. The summed E-state index contributed by atoms with van der Waals surface area (Å²) in [5, 5.41) is 0. The first-order valence-electron chi connectivity index (χ1n) is 7.33. The fourth-order valence-corrected chi connectivity index (χ4v) is 2.50. The molecule has 116 valence electrons. The lowest BCUT2D eigenvalue weighted by atomic mass is 9.99. The van der Waals surface area contributed by atoms with E-state index in [0.29, 0.717) is 0 Å². The molecule has 0 saturated heterocycles. The minimum atomic E-state index is -4.29. The molecule has 0 bridgehead atoms. The molecule has 0 saturated carbocycles. The van der Waals surface area contributed by atoms with E-state index in [2.05, 4.69) is 12.1 Å². The Morgan fingerprint density at radius 2 is 1.04 bits per heavy atom. The largest absolute Gasteiger partial charge is 0.416 e. The number of benzene rings is 3. The third kappa shape index (κ3) is 3.81. The molecule has 0 aliphatic rings. The first kappa shape index (κ1) is 15.3. The molecule has 3 rings (SSSR count). The van der Waals surface area contributed by atoms with Gasteiger partial charge in [-0.15, -0.1) is 0 Å². The van der Waals surface area contributed by atoms with Gasteiger partial charge in [0.25, 0.3) is 0 Å². The molecule has 0 unspecified atom stereocenters. The average Bonchev–Trinajstić information content (AvgIpc) is 2.56. The van der Waals surface area contributed by atoms with Gasteiger partial charge in [0.2, 0.25) is 0 Å². The van der Waals surface area contributed by atoms with E-state index < -0.39 is 11.7 Å².